The van der Waals surface area contributed by atoms with Crippen LogP contribution in [0.15, 0.2) is 23.8 Å². The molecule has 0 aliphatic carbocycles. The average molecular weight is 268 g/mol. The third kappa shape index (κ3) is 3.01. The second-order valence-electron chi connectivity index (χ2n) is 3.42. The van der Waals surface area contributed by atoms with Crippen LogP contribution >= 0.6 is 22.9 Å². The summed E-state index contributed by atoms with van der Waals surface area (Å²) in [6, 6.07) is 1.59. The van der Waals surface area contributed by atoms with Crippen molar-refractivity contribution in [1.29, 1.82) is 0 Å². The summed E-state index contributed by atoms with van der Waals surface area (Å²) in [5.41, 5.74) is 1.33. The normalized spacial score (nSPS) is 10.2. The van der Waals surface area contributed by atoms with Crippen LogP contribution in [0.1, 0.15) is 21.1 Å². The van der Waals surface area contributed by atoms with Crippen LogP contribution in [0.25, 0.3) is 0 Å². The number of amides is 1. The molecule has 0 atom stereocenters. The molecule has 0 radical (unpaired) electrons. The Morgan fingerprint density at radius 1 is 1.59 bits per heavy atom. The van der Waals surface area contributed by atoms with E-state index >= 15 is 0 Å². The SMILES string of the molecule is Cc1csc(CNC(=O)c2cnccc2Cl)n1. The zero-order valence-electron chi connectivity index (χ0n) is 9.11. The first-order chi connectivity index (χ1) is 8.16. The molecular formula is C11H10ClN3OS. The lowest BCUT2D eigenvalue weighted by Gasteiger charge is -2.04. The molecule has 4 nitrogen and oxygen atoms in total. The van der Waals surface area contributed by atoms with E-state index in [-0.39, 0.29) is 5.91 Å². The third-order valence-corrected chi connectivity index (χ3v) is 3.38. The van der Waals surface area contributed by atoms with E-state index in [1.165, 1.54) is 17.5 Å². The predicted octanol–water partition coefficient (Wildman–Crippen LogP) is 2.43. The van der Waals surface area contributed by atoms with Crippen LogP contribution in [0, 0.1) is 6.92 Å². The van der Waals surface area contributed by atoms with Crippen LogP contribution in [0.3, 0.4) is 0 Å². The van der Waals surface area contributed by atoms with E-state index in [4.69, 9.17) is 11.6 Å². The van der Waals surface area contributed by atoms with Gasteiger partial charge < -0.3 is 5.32 Å². The Morgan fingerprint density at radius 2 is 2.41 bits per heavy atom. The molecule has 2 aromatic heterocycles. The smallest absolute Gasteiger partial charge is 0.254 e. The maximum Gasteiger partial charge on any atom is 0.254 e. The molecule has 2 heterocycles. The molecule has 1 N–H and O–H groups in total. The van der Waals surface area contributed by atoms with Crippen LogP contribution in [0.2, 0.25) is 5.02 Å². The van der Waals surface area contributed by atoms with E-state index < -0.39 is 0 Å². The van der Waals surface area contributed by atoms with Gasteiger partial charge in [-0.1, -0.05) is 11.6 Å². The molecule has 0 unspecified atom stereocenters. The molecule has 17 heavy (non-hydrogen) atoms. The first-order valence-corrected chi connectivity index (χ1v) is 6.21. The Hall–Kier alpha value is -1.46. The van der Waals surface area contributed by atoms with Gasteiger partial charge in [0.1, 0.15) is 5.01 Å². The number of carbonyl (C=O) groups excluding carboxylic acids is 1. The fraction of sp³-hybridized carbons (Fsp3) is 0.182. The lowest BCUT2D eigenvalue weighted by Crippen LogP contribution is -2.23. The quantitative estimate of drug-likeness (QED) is 0.929. The number of nitrogens with zero attached hydrogens (tertiary/aromatic N) is 2. The third-order valence-electron chi connectivity index (χ3n) is 2.08. The van der Waals surface area contributed by atoms with E-state index in [2.05, 4.69) is 15.3 Å². The van der Waals surface area contributed by atoms with E-state index in [1.807, 2.05) is 12.3 Å². The maximum atomic E-state index is 11.8. The fourth-order valence-electron chi connectivity index (χ4n) is 1.28. The van der Waals surface area contributed by atoms with Gasteiger partial charge in [0.05, 0.1) is 17.1 Å². The van der Waals surface area contributed by atoms with Crippen molar-refractivity contribution in [2.24, 2.45) is 0 Å². The van der Waals surface area contributed by atoms with Gasteiger partial charge in [-0.2, -0.15) is 0 Å². The molecule has 0 saturated heterocycles. The Bertz CT molecular complexity index is 541. The number of rotatable bonds is 3. The second kappa shape index (κ2) is 5.25. The first kappa shape index (κ1) is 12.0. The molecule has 0 bridgehead atoms. The maximum absolute atomic E-state index is 11.8. The lowest BCUT2D eigenvalue weighted by molar-refractivity contribution is 0.0950. The summed E-state index contributed by atoms with van der Waals surface area (Å²) in [5.74, 6) is -0.240. The highest BCUT2D eigenvalue weighted by Crippen LogP contribution is 2.14. The number of hydrogen-bond donors (Lipinski definition) is 1. The van der Waals surface area contributed by atoms with Crippen LogP contribution in [0.5, 0.6) is 0 Å². The van der Waals surface area contributed by atoms with Gasteiger partial charge in [-0.15, -0.1) is 11.3 Å². The van der Waals surface area contributed by atoms with Crippen LogP contribution < -0.4 is 5.32 Å². The Balaban J connectivity index is 2.01. The first-order valence-electron chi connectivity index (χ1n) is 4.95. The van der Waals surface area contributed by atoms with Gasteiger partial charge >= 0.3 is 0 Å². The molecule has 2 aromatic rings. The average Bonchev–Trinajstić information content (AvgIpc) is 2.73. The number of pyridine rings is 1. The minimum absolute atomic E-state index is 0.240. The summed E-state index contributed by atoms with van der Waals surface area (Å²) in [5, 5.41) is 5.96. The molecule has 6 heteroatoms. The molecule has 2 rings (SSSR count). The van der Waals surface area contributed by atoms with Gasteiger partial charge in [0.2, 0.25) is 0 Å². The number of aryl methyl sites for hydroxylation is 1. The number of nitrogens with one attached hydrogen (secondary N) is 1. The molecule has 0 saturated carbocycles. The van der Waals surface area contributed by atoms with Gasteiger partial charge in [0.25, 0.3) is 5.91 Å². The summed E-state index contributed by atoms with van der Waals surface area (Å²) < 4.78 is 0. The summed E-state index contributed by atoms with van der Waals surface area (Å²) in [4.78, 5) is 19.9. The van der Waals surface area contributed by atoms with Gasteiger partial charge in [0, 0.05) is 23.5 Å². The molecular weight excluding hydrogens is 258 g/mol. The number of carbonyl (C=O) groups is 1. The number of aromatic nitrogens is 2. The molecule has 0 aromatic carbocycles. The summed E-state index contributed by atoms with van der Waals surface area (Å²) in [7, 11) is 0. The minimum atomic E-state index is -0.240. The lowest BCUT2D eigenvalue weighted by atomic mass is 10.2. The number of hydrogen-bond acceptors (Lipinski definition) is 4. The molecule has 0 spiro atoms. The summed E-state index contributed by atoms with van der Waals surface area (Å²) in [6.45, 7) is 2.32. The van der Waals surface area contributed by atoms with Gasteiger partial charge in [0.15, 0.2) is 0 Å². The van der Waals surface area contributed by atoms with Crippen LogP contribution in [-0.2, 0) is 6.54 Å². The van der Waals surface area contributed by atoms with Crippen molar-refractivity contribution in [2.75, 3.05) is 0 Å². The minimum Gasteiger partial charge on any atom is -0.345 e. The fourth-order valence-corrected chi connectivity index (χ4v) is 2.18. The molecule has 1 amide bonds. The predicted molar refractivity (Wildman–Crippen MR) is 67.3 cm³/mol. The van der Waals surface area contributed by atoms with Crippen LogP contribution in [-0.4, -0.2) is 15.9 Å². The van der Waals surface area contributed by atoms with E-state index in [9.17, 15) is 4.79 Å². The van der Waals surface area contributed by atoms with Gasteiger partial charge in [-0.25, -0.2) is 4.98 Å². The Morgan fingerprint density at radius 3 is 3.06 bits per heavy atom. The highest BCUT2D eigenvalue weighted by molar-refractivity contribution is 7.09. The van der Waals surface area contributed by atoms with Crippen molar-refractivity contribution in [2.45, 2.75) is 13.5 Å². The van der Waals surface area contributed by atoms with Crippen molar-refractivity contribution in [3.05, 3.63) is 45.1 Å². The Kier molecular flexibility index (Phi) is 3.71. The van der Waals surface area contributed by atoms with Gasteiger partial charge in [-0.05, 0) is 13.0 Å². The zero-order valence-corrected chi connectivity index (χ0v) is 10.7. The zero-order chi connectivity index (χ0) is 12.3. The molecule has 88 valence electrons. The Labute approximate surface area is 108 Å². The van der Waals surface area contributed by atoms with Crippen molar-refractivity contribution < 1.29 is 4.79 Å². The van der Waals surface area contributed by atoms with Crippen molar-refractivity contribution in [1.82, 2.24) is 15.3 Å². The topological polar surface area (TPSA) is 54.9 Å². The highest BCUT2D eigenvalue weighted by Gasteiger charge is 2.10. The largest absolute Gasteiger partial charge is 0.345 e. The highest BCUT2D eigenvalue weighted by atomic mass is 35.5. The van der Waals surface area contributed by atoms with E-state index in [1.54, 1.807) is 12.3 Å². The summed E-state index contributed by atoms with van der Waals surface area (Å²) in [6.07, 6.45) is 2.99. The molecule has 0 aliphatic rings. The number of halogens is 1. The van der Waals surface area contributed by atoms with E-state index in [0.717, 1.165) is 10.7 Å². The monoisotopic (exact) mass is 267 g/mol. The van der Waals surface area contributed by atoms with Crippen molar-refractivity contribution in [3.8, 4) is 0 Å². The molecule has 0 fully saturated rings. The van der Waals surface area contributed by atoms with Crippen LogP contribution in [0.4, 0.5) is 0 Å². The summed E-state index contributed by atoms with van der Waals surface area (Å²) >= 11 is 7.41. The second-order valence-corrected chi connectivity index (χ2v) is 4.77. The standard InChI is InChI=1S/C11H10ClN3OS/c1-7-6-17-10(15-7)5-14-11(16)8-4-13-3-2-9(8)12/h2-4,6H,5H2,1H3,(H,14,16). The van der Waals surface area contributed by atoms with Gasteiger partial charge in [-0.3, -0.25) is 9.78 Å². The van der Waals surface area contributed by atoms with Crippen molar-refractivity contribution >= 4 is 28.8 Å². The van der Waals surface area contributed by atoms with Crippen molar-refractivity contribution in [3.63, 3.8) is 0 Å². The molecule has 0 aliphatic heterocycles. The van der Waals surface area contributed by atoms with E-state index in [0.29, 0.717) is 17.1 Å². The number of thiazole rings is 1.